The third-order valence-corrected chi connectivity index (χ3v) is 7.86. The predicted octanol–water partition coefficient (Wildman–Crippen LogP) is 6.60. The first-order chi connectivity index (χ1) is 14.8. The van der Waals surface area contributed by atoms with Gasteiger partial charge in [-0.25, -0.2) is 9.53 Å². The second-order valence-corrected chi connectivity index (χ2v) is 15.5. The molecule has 2 heterocycles. The van der Waals surface area contributed by atoms with Crippen molar-refractivity contribution < 1.29 is 4.74 Å². The van der Waals surface area contributed by atoms with Crippen molar-refractivity contribution in [2.24, 2.45) is 0 Å². The maximum Gasteiger partial charge on any atom is 0.207 e. The van der Waals surface area contributed by atoms with Crippen LogP contribution >= 0.6 is 24.0 Å². The summed E-state index contributed by atoms with van der Waals surface area (Å²) < 4.78 is 7.85. The lowest BCUT2D eigenvalue weighted by molar-refractivity contribution is 0.0819. The molecule has 0 amide bonds. The molecule has 2 aromatic carbocycles. The Labute approximate surface area is 202 Å². The average molecular weight is 490 g/mol. The number of halogens is 2. The highest BCUT2D eigenvalue weighted by Crippen LogP contribution is 2.37. The van der Waals surface area contributed by atoms with Crippen LogP contribution in [0.5, 0.6) is 0 Å². The van der Waals surface area contributed by atoms with Gasteiger partial charge in [-0.3, -0.25) is 0 Å². The second-order valence-electron chi connectivity index (χ2n) is 9.49. The lowest BCUT2D eigenvalue weighted by Crippen LogP contribution is -2.24. The van der Waals surface area contributed by atoms with Gasteiger partial charge in [0.2, 0.25) is 5.69 Å². The Morgan fingerprint density at radius 2 is 2.03 bits per heavy atom. The van der Waals surface area contributed by atoms with Crippen LogP contribution in [-0.2, 0) is 24.4 Å². The maximum absolute atomic E-state index is 7.45. The molecule has 1 N–H and O–H groups in total. The lowest BCUT2D eigenvalue weighted by Gasteiger charge is -2.20. The van der Waals surface area contributed by atoms with Crippen LogP contribution < -0.4 is 5.32 Å². The van der Waals surface area contributed by atoms with E-state index in [1.165, 1.54) is 16.7 Å². The Morgan fingerprint density at radius 3 is 2.75 bits per heavy atom. The van der Waals surface area contributed by atoms with Crippen molar-refractivity contribution in [1.29, 1.82) is 0 Å². The van der Waals surface area contributed by atoms with E-state index in [1.807, 2.05) is 16.8 Å². The molecule has 4 rings (SSSR count). The molecule has 0 unspecified atom stereocenters. The minimum atomic E-state index is -1.16. The fraction of sp³-hybridized carbons (Fsp3) is 0.417. The molecule has 1 aliphatic rings. The summed E-state index contributed by atoms with van der Waals surface area (Å²) in [4.78, 5) is 3.58. The van der Waals surface area contributed by atoms with Crippen LogP contribution in [0.3, 0.4) is 0 Å². The predicted molar refractivity (Wildman–Crippen MR) is 138 cm³/mol. The van der Waals surface area contributed by atoms with Gasteiger partial charge in [-0.2, -0.15) is 5.10 Å². The Morgan fingerprint density at radius 1 is 1.25 bits per heavy atom. The van der Waals surface area contributed by atoms with Gasteiger partial charge in [-0.05, 0) is 66.9 Å². The van der Waals surface area contributed by atoms with E-state index in [2.05, 4.69) is 48.9 Å². The molecule has 8 heteroatoms. The molecule has 0 saturated heterocycles. The molecule has 0 spiro atoms. The zero-order valence-corrected chi connectivity index (χ0v) is 21.7. The van der Waals surface area contributed by atoms with Gasteiger partial charge in [0.15, 0.2) is 0 Å². The summed E-state index contributed by atoms with van der Waals surface area (Å²) in [5, 5.41) is 9.80. The molecular formula is C24H30Cl2N4OSi. The second kappa shape index (κ2) is 9.94. The number of hydrogen-bond acceptors (Lipinski definition) is 3. The monoisotopic (exact) mass is 488 g/mol. The fourth-order valence-electron chi connectivity index (χ4n) is 4.09. The van der Waals surface area contributed by atoms with Gasteiger partial charge in [0, 0.05) is 37.2 Å². The molecule has 0 radical (unpaired) electrons. The summed E-state index contributed by atoms with van der Waals surface area (Å²) >= 11 is 6.41. The van der Waals surface area contributed by atoms with Gasteiger partial charge in [0.25, 0.3) is 0 Å². The molecule has 1 aromatic heterocycles. The summed E-state index contributed by atoms with van der Waals surface area (Å²) in [6.45, 7) is 19.6. The highest BCUT2D eigenvalue weighted by Gasteiger charge is 2.19. The molecule has 32 heavy (non-hydrogen) atoms. The van der Waals surface area contributed by atoms with Crippen molar-refractivity contribution >= 4 is 48.7 Å². The van der Waals surface area contributed by atoms with Gasteiger partial charge >= 0.3 is 0 Å². The summed E-state index contributed by atoms with van der Waals surface area (Å²) in [5.41, 5.74) is 7.36. The van der Waals surface area contributed by atoms with Crippen molar-refractivity contribution in [2.45, 2.75) is 52.3 Å². The normalized spacial score (nSPS) is 13.5. The SMILES string of the molecule is Cl.[C-]#[N+]c1cc2c(cc1Cl)c(-c1cc(C)c3c(c1)CNCC3)nn2COCC[Si](C)(C)C. The molecule has 0 bridgehead atoms. The van der Waals surface area contributed by atoms with E-state index >= 15 is 0 Å². The van der Waals surface area contributed by atoms with Crippen molar-refractivity contribution in [2.75, 3.05) is 13.2 Å². The number of benzene rings is 2. The molecule has 0 atom stereocenters. The van der Waals surface area contributed by atoms with Crippen molar-refractivity contribution in [3.05, 3.63) is 57.4 Å². The van der Waals surface area contributed by atoms with Crippen LogP contribution in [-0.4, -0.2) is 31.0 Å². The third kappa shape index (κ3) is 5.19. The van der Waals surface area contributed by atoms with Crippen LogP contribution in [0.15, 0.2) is 24.3 Å². The van der Waals surface area contributed by atoms with E-state index in [0.717, 1.165) is 54.3 Å². The smallest absolute Gasteiger partial charge is 0.207 e. The van der Waals surface area contributed by atoms with E-state index in [9.17, 15) is 0 Å². The minimum Gasteiger partial charge on any atom is -0.360 e. The first-order valence-corrected chi connectivity index (χ1v) is 14.8. The van der Waals surface area contributed by atoms with Gasteiger partial charge in [-0.15, -0.1) is 12.4 Å². The van der Waals surface area contributed by atoms with Crippen LogP contribution in [0.1, 0.15) is 16.7 Å². The van der Waals surface area contributed by atoms with Gasteiger partial charge in [0.05, 0.1) is 12.1 Å². The molecule has 0 aliphatic carbocycles. The summed E-state index contributed by atoms with van der Waals surface area (Å²) in [6, 6.07) is 9.27. The van der Waals surface area contributed by atoms with Crippen LogP contribution in [0.2, 0.25) is 30.7 Å². The standard InChI is InChI=1S/C24H29ClN4OSi.ClH/c1-16-10-17(11-18-14-27-7-6-19(16)18)24-20-12-21(25)22(26-2)13-23(20)29(28-24)15-30-8-9-31(3,4)5;/h10-13,27H,6-9,14-15H2,1,3-5H3;1H. The van der Waals surface area contributed by atoms with Crippen LogP contribution in [0, 0.1) is 13.5 Å². The number of hydrogen-bond donors (Lipinski definition) is 1. The number of nitrogens with one attached hydrogen (secondary N) is 1. The Balaban J connectivity index is 0.00000289. The Bertz CT molecular complexity index is 1180. The first-order valence-electron chi connectivity index (χ1n) is 10.8. The molecule has 5 nitrogen and oxygen atoms in total. The van der Waals surface area contributed by atoms with Crippen molar-refractivity contribution in [3.8, 4) is 11.3 Å². The topological polar surface area (TPSA) is 43.4 Å². The molecule has 0 saturated carbocycles. The van der Waals surface area contributed by atoms with E-state index < -0.39 is 8.07 Å². The highest BCUT2D eigenvalue weighted by atomic mass is 35.5. The third-order valence-electron chi connectivity index (χ3n) is 5.86. The van der Waals surface area contributed by atoms with Crippen LogP contribution in [0.25, 0.3) is 27.0 Å². The first kappa shape index (κ1) is 24.8. The number of aromatic nitrogens is 2. The maximum atomic E-state index is 7.45. The number of nitrogens with zero attached hydrogens (tertiary/aromatic N) is 3. The van der Waals surface area contributed by atoms with Crippen molar-refractivity contribution in [3.63, 3.8) is 0 Å². The van der Waals surface area contributed by atoms with Gasteiger partial charge in [0.1, 0.15) is 12.4 Å². The summed E-state index contributed by atoms with van der Waals surface area (Å²) in [5.74, 6) is 0. The largest absolute Gasteiger partial charge is 0.360 e. The Kier molecular flexibility index (Phi) is 7.69. The molecule has 170 valence electrons. The van der Waals surface area contributed by atoms with Crippen LogP contribution in [0.4, 0.5) is 5.69 Å². The van der Waals surface area contributed by atoms with E-state index in [1.54, 1.807) is 0 Å². The van der Waals surface area contributed by atoms with Gasteiger partial charge in [-0.1, -0.05) is 31.2 Å². The van der Waals surface area contributed by atoms with Gasteiger partial charge < -0.3 is 10.1 Å². The summed E-state index contributed by atoms with van der Waals surface area (Å²) in [7, 11) is -1.16. The molecule has 0 fully saturated rings. The van der Waals surface area contributed by atoms with E-state index in [4.69, 9.17) is 28.0 Å². The Hall–Kier alpha value is -1.88. The number of rotatable bonds is 6. The van der Waals surface area contributed by atoms with E-state index in [0.29, 0.717) is 17.4 Å². The number of fused-ring (bicyclic) bond motifs is 2. The number of ether oxygens (including phenoxy) is 1. The van der Waals surface area contributed by atoms with Crippen molar-refractivity contribution in [1.82, 2.24) is 15.1 Å². The molecule has 1 aliphatic heterocycles. The fourth-order valence-corrected chi connectivity index (χ4v) is 5.05. The quantitative estimate of drug-likeness (QED) is 0.241. The number of aryl methyl sites for hydroxylation is 1. The zero-order valence-electron chi connectivity index (χ0n) is 19.1. The molecular weight excluding hydrogens is 459 g/mol. The lowest BCUT2D eigenvalue weighted by atomic mass is 9.92. The summed E-state index contributed by atoms with van der Waals surface area (Å²) in [6.07, 6.45) is 1.06. The molecule has 3 aromatic rings. The van der Waals surface area contributed by atoms with E-state index in [-0.39, 0.29) is 12.4 Å². The zero-order chi connectivity index (χ0) is 22.2. The highest BCUT2D eigenvalue weighted by molar-refractivity contribution is 6.76. The minimum absolute atomic E-state index is 0. The average Bonchev–Trinajstić information content (AvgIpc) is 3.07.